The lowest BCUT2D eigenvalue weighted by molar-refractivity contribution is -0.147. The van der Waals surface area contributed by atoms with E-state index in [9.17, 15) is 14.4 Å². The molecule has 0 atom stereocenters. The van der Waals surface area contributed by atoms with E-state index in [1.807, 2.05) is 6.92 Å². The van der Waals surface area contributed by atoms with Crippen LogP contribution in [0.3, 0.4) is 0 Å². The minimum atomic E-state index is -0.700. The number of hydrogen-bond acceptors (Lipinski definition) is 6. The molecule has 0 bridgehead atoms. The molecule has 0 aromatic heterocycles. The Labute approximate surface area is 146 Å². The summed E-state index contributed by atoms with van der Waals surface area (Å²) in [4.78, 5) is 35.1. The molecule has 0 unspecified atom stereocenters. The molecule has 0 saturated carbocycles. The Morgan fingerprint density at radius 3 is 2.20 bits per heavy atom. The summed E-state index contributed by atoms with van der Waals surface area (Å²) in [7, 11) is 2.94. The van der Waals surface area contributed by atoms with Gasteiger partial charge in [-0.25, -0.2) is 0 Å². The Kier molecular flexibility index (Phi) is 8.84. The summed E-state index contributed by atoms with van der Waals surface area (Å²) in [6, 6.07) is 4.66. The van der Waals surface area contributed by atoms with Crippen LogP contribution in [-0.4, -0.2) is 51.7 Å². The Hall–Kier alpha value is -2.77. The number of rotatable bonds is 10. The minimum Gasteiger partial charge on any atom is -0.497 e. The van der Waals surface area contributed by atoms with Gasteiger partial charge in [0.1, 0.15) is 18.0 Å². The average molecular weight is 352 g/mol. The second kappa shape index (κ2) is 10.9. The molecular formula is C17H24N2O6. The van der Waals surface area contributed by atoms with E-state index >= 15 is 0 Å². The zero-order valence-electron chi connectivity index (χ0n) is 14.7. The second-order valence-corrected chi connectivity index (χ2v) is 5.15. The topological polar surface area (TPSA) is 103 Å². The lowest BCUT2D eigenvalue weighted by Gasteiger charge is -2.09. The molecule has 138 valence electrons. The molecule has 0 spiro atoms. The molecule has 0 aliphatic carbocycles. The maximum Gasteiger partial charge on any atom is 0.325 e. The van der Waals surface area contributed by atoms with Crippen molar-refractivity contribution in [3.63, 3.8) is 0 Å². The first-order valence-electron chi connectivity index (χ1n) is 7.93. The first-order chi connectivity index (χ1) is 12.0. The summed E-state index contributed by atoms with van der Waals surface area (Å²) in [5.74, 6) is -0.646. The van der Waals surface area contributed by atoms with Crippen molar-refractivity contribution >= 4 is 17.8 Å². The van der Waals surface area contributed by atoms with Crippen LogP contribution in [0.5, 0.6) is 11.5 Å². The molecule has 8 heteroatoms. The molecule has 2 N–H and O–H groups in total. The third-order valence-electron chi connectivity index (χ3n) is 3.22. The summed E-state index contributed by atoms with van der Waals surface area (Å²) >= 11 is 0. The van der Waals surface area contributed by atoms with Crippen molar-refractivity contribution in [1.29, 1.82) is 0 Å². The molecule has 1 aromatic rings. The number of benzene rings is 1. The van der Waals surface area contributed by atoms with E-state index < -0.39 is 11.9 Å². The summed E-state index contributed by atoms with van der Waals surface area (Å²) in [6.07, 6.45) is 1.82. The third kappa shape index (κ3) is 7.56. The van der Waals surface area contributed by atoms with Crippen molar-refractivity contribution in [3.05, 3.63) is 23.8 Å². The Morgan fingerprint density at radius 2 is 1.64 bits per heavy atom. The van der Waals surface area contributed by atoms with Gasteiger partial charge >= 0.3 is 5.97 Å². The van der Waals surface area contributed by atoms with Gasteiger partial charge in [-0.15, -0.1) is 0 Å². The van der Waals surface area contributed by atoms with Crippen LogP contribution in [0.1, 0.15) is 30.1 Å². The number of esters is 1. The third-order valence-corrected chi connectivity index (χ3v) is 3.22. The normalized spacial score (nSPS) is 9.88. The lowest BCUT2D eigenvalue weighted by atomic mass is 10.2. The summed E-state index contributed by atoms with van der Waals surface area (Å²) in [6.45, 7) is 1.83. The molecule has 25 heavy (non-hydrogen) atoms. The Balaban J connectivity index is 2.43. The number of methoxy groups -OCH3 is 2. The quantitative estimate of drug-likeness (QED) is 0.479. The average Bonchev–Trinajstić information content (AvgIpc) is 2.63. The standard InChI is InChI=1S/C17H24N2O6/c1-4-5-6-18-15(20)11-25-16(21)10-19-17(22)12-7-13(23-2)9-14(8-12)24-3/h7-9H,4-6,10-11H2,1-3H3,(H,18,20)(H,19,22). The van der Waals surface area contributed by atoms with Crippen LogP contribution in [0.15, 0.2) is 18.2 Å². The van der Waals surface area contributed by atoms with E-state index in [1.54, 1.807) is 6.07 Å². The highest BCUT2D eigenvalue weighted by Gasteiger charge is 2.13. The monoisotopic (exact) mass is 352 g/mol. The molecule has 8 nitrogen and oxygen atoms in total. The maximum atomic E-state index is 12.1. The van der Waals surface area contributed by atoms with E-state index in [-0.39, 0.29) is 24.6 Å². The molecule has 0 heterocycles. The second-order valence-electron chi connectivity index (χ2n) is 5.15. The largest absolute Gasteiger partial charge is 0.497 e. The van der Waals surface area contributed by atoms with Crippen molar-refractivity contribution in [2.45, 2.75) is 19.8 Å². The van der Waals surface area contributed by atoms with Crippen molar-refractivity contribution in [1.82, 2.24) is 10.6 Å². The number of nitrogens with one attached hydrogen (secondary N) is 2. The molecule has 2 amide bonds. The van der Waals surface area contributed by atoms with Crippen molar-refractivity contribution in [2.75, 3.05) is 33.9 Å². The van der Waals surface area contributed by atoms with Gasteiger partial charge in [-0.1, -0.05) is 13.3 Å². The van der Waals surface area contributed by atoms with Gasteiger partial charge in [0.25, 0.3) is 11.8 Å². The van der Waals surface area contributed by atoms with Crippen LogP contribution in [0, 0.1) is 0 Å². The van der Waals surface area contributed by atoms with E-state index in [2.05, 4.69) is 10.6 Å². The SMILES string of the molecule is CCCCNC(=O)COC(=O)CNC(=O)c1cc(OC)cc(OC)c1. The number of carbonyl (C=O) groups excluding carboxylic acids is 3. The highest BCUT2D eigenvalue weighted by molar-refractivity contribution is 5.96. The van der Waals surface area contributed by atoms with E-state index in [1.165, 1.54) is 26.4 Å². The zero-order valence-corrected chi connectivity index (χ0v) is 14.7. The molecule has 1 rings (SSSR count). The fourth-order valence-electron chi connectivity index (χ4n) is 1.85. The fraction of sp³-hybridized carbons (Fsp3) is 0.471. The van der Waals surface area contributed by atoms with Crippen molar-refractivity contribution < 1.29 is 28.6 Å². The highest BCUT2D eigenvalue weighted by Crippen LogP contribution is 2.22. The minimum absolute atomic E-state index is 0.279. The van der Waals surface area contributed by atoms with Gasteiger partial charge < -0.3 is 24.8 Å². The smallest absolute Gasteiger partial charge is 0.325 e. The predicted molar refractivity (Wildman–Crippen MR) is 90.8 cm³/mol. The van der Waals surface area contributed by atoms with Crippen molar-refractivity contribution in [2.24, 2.45) is 0 Å². The molecule has 0 saturated heterocycles. The first-order valence-corrected chi connectivity index (χ1v) is 7.93. The van der Waals surface area contributed by atoms with Gasteiger partial charge in [0.2, 0.25) is 0 Å². The molecule has 0 aliphatic heterocycles. The van der Waals surface area contributed by atoms with E-state index in [0.29, 0.717) is 18.0 Å². The summed E-state index contributed by atoms with van der Waals surface area (Å²) in [5.41, 5.74) is 0.279. The molecule has 0 aliphatic rings. The number of hydrogen-bond donors (Lipinski definition) is 2. The maximum absolute atomic E-state index is 12.1. The molecular weight excluding hydrogens is 328 g/mol. The number of amides is 2. The van der Waals surface area contributed by atoms with Crippen LogP contribution in [-0.2, 0) is 14.3 Å². The summed E-state index contributed by atoms with van der Waals surface area (Å²) in [5, 5.41) is 5.04. The van der Waals surface area contributed by atoms with E-state index in [0.717, 1.165) is 12.8 Å². The number of carbonyl (C=O) groups is 3. The van der Waals surface area contributed by atoms with Gasteiger partial charge in [-0.05, 0) is 18.6 Å². The van der Waals surface area contributed by atoms with Gasteiger partial charge in [0, 0.05) is 18.2 Å². The van der Waals surface area contributed by atoms with Crippen LogP contribution in [0.4, 0.5) is 0 Å². The Bertz CT molecular complexity index is 581. The lowest BCUT2D eigenvalue weighted by Crippen LogP contribution is -2.34. The molecule has 0 radical (unpaired) electrons. The highest BCUT2D eigenvalue weighted by atomic mass is 16.5. The van der Waals surface area contributed by atoms with Crippen LogP contribution < -0.4 is 20.1 Å². The van der Waals surface area contributed by atoms with Crippen LogP contribution in [0.2, 0.25) is 0 Å². The van der Waals surface area contributed by atoms with Crippen molar-refractivity contribution in [3.8, 4) is 11.5 Å². The first kappa shape index (κ1) is 20.3. The van der Waals surface area contributed by atoms with Gasteiger partial charge in [-0.2, -0.15) is 0 Å². The Morgan fingerprint density at radius 1 is 1.00 bits per heavy atom. The van der Waals surface area contributed by atoms with E-state index in [4.69, 9.17) is 14.2 Å². The summed E-state index contributed by atoms with van der Waals surface area (Å²) < 4.78 is 15.0. The van der Waals surface area contributed by atoms with Gasteiger partial charge in [-0.3, -0.25) is 14.4 Å². The van der Waals surface area contributed by atoms with Crippen LogP contribution >= 0.6 is 0 Å². The predicted octanol–water partition coefficient (Wildman–Crippen LogP) is 0.893. The fourth-order valence-corrected chi connectivity index (χ4v) is 1.85. The molecule has 1 aromatic carbocycles. The van der Waals surface area contributed by atoms with Gasteiger partial charge in [0.15, 0.2) is 6.61 Å². The van der Waals surface area contributed by atoms with Gasteiger partial charge in [0.05, 0.1) is 14.2 Å². The number of unbranched alkanes of at least 4 members (excludes halogenated alkanes) is 1. The number of ether oxygens (including phenoxy) is 3. The zero-order chi connectivity index (χ0) is 18.7. The van der Waals surface area contributed by atoms with Crippen LogP contribution in [0.25, 0.3) is 0 Å². The molecule has 0 fully saturated rings.